The molecular formula is C11H21N3O3. The van der Waals surface area contributed by atoms with Gasteiger partial charge in [0.15, 0.2) is 0 Å². The van der Waals surface area contributed by atoms with E-state index in [2.05, 4.69) is 22.5 Å². The van der Waals surface area contributed by atoms with Gasteiger partial charge in [0.05, 0.1) is 0 Å². The third-order valence-corrected chi connectivity index (χ3v) is 2.87. The van der Waals surface area contributed by atoms with Crippen LogP contribution in [0.2, 0.25) is 0 Å². The standard InChI is InChI=1S/C11H21N3O3/c1-3-14(9-4-5-9)7-6-12-11(17)13-8(2)10(15)16/h8-9H,3-7H2,1-2H3,(H,15,16)(H2,12,13,17)/t8-/m0/s1. The number of rotatable bonds is 7. The number of aliphatic carboxylic acids is 1. The lowest BCUT2D eigenvalue weighted by Gasteiger charge is -2.20. The van der Waals surface area contributed by atoms with Crippen LogP contribution >= 0.6 is 0 Å². The second-order valence-electron chi connectivity index (χ2n) is 4.32. The molecule has 0 heterocycles. The van der Waals surface area contributed by atoms with Crippen molar-refractivity contribution in [3.05, 3.63) is 0 Å². The molecule has 1 fully saturated rings. The van der Waals surface area contributed by atoms with Gasteiger partial charge in [-0.15, -0.1) is 0 Å². The lowest BCUT2D eigenvalue weighted by Crippen LogP contribution is -2.46. The maximum atomic E-state index is 11.3. The number of hydrogen-bond acceptors (Lipinski definition) is 3. The molecule has 0 saturated heterocycles. The normalized spacial score (nSPS) is 16.6. The summed E-state index contributed by atoms with van der Waals surface area (Å²) in [4.78, 5) is 24.1. The molecule has 98 valence electrons. The number of nitrogens with zero attached hydrogens (tertiary/aromatic N) is 1. The first-order chi connectivity index (χ1) is 8.04. The fourth-order valence-electron chi connectivity index (χ4n) is 1.66. The minimum atomic E-state index is -1.03. The highest BCUT2D eigenvalue weighted by atomic mass is 16.4. The number of carboxylic acids is 1. The highest BCUT2D eigenvalue weighted by molar-refractivity contribution is 5.82. The molecule has 0 bridgehead atoms. The fourth-order valence-corrected chi connectivity index (χ4v) is 1.66. The molecule has 0 aromatic carbocycles. The zero-order valence-corrected chi connectivity index (χ0v) is 10.4. The summed E-state index contributed by atoms with van der Waals surface area (Å²) >= 11 is 0. The van der Waals surface area contributed by atoms with Crippen LogP contribution in [0.4, 0.5) is 4.79 Å². The highest BCUT2D eigenvalue weighted by Gasteiger charge is 2.27. The smallest absolute Gasteiger partial charge is 0.325 e. The molecule has 1 aliphatic carbocycles. The summed E-state index contributed by atoms with van der Waals surface area (Å²) < 4.78 is 0. The first-order valence-electron chi connectivity index (χ1n) is 6.05. The first kappa shape index (κ1) is 13.8. The van der Waals surface area contributed by atoms with Crippen LogP contribution in [-0.4, -0.2) is 53.7 Å². The largest absolute Gasteiger partial charge is 0.480 e. The van der Waals surface area contributed by atoms with Gasteiger partial charge in [0.2, 0.25) is 0 Å². The number of nitrogens with one attached hydrogen (secondary N) is 2. The Morgan fingerprint density at radius 3 is 2.59 bits per heavy atom. The van der Waals surface area contributed by atoms with Crippen LogP contribution in [0.5, 0.6) is 0 Å². The van der Waals surface area contributed by atoms with Gasteiger partial charge in [-0.25, -0.2) is 4.79 Å². The van der Waals surface area contributed by atoms with E-state index < -0.39 is 18.0 Å². The molecule has 17 heavy (non-hydrogen) atoms. The van der Waals surface area contributed by atoms with Crippen LogP contribution in [0.1, 0.15) is 26.7 Å². The van der Waals surface area contributed by atoms with Gasteiger partial charge < -0.3 is 15.7 Å². The molecular weight excluding hydrogens is 222 g/mol. The average molecular weight is 243 g/mol. The Hall–Kier alpha value is -1.30. The molecule has 3 N–H and O–H groups in total. The third kappa shape index (κ3) is 5.04. The zero-order valence-electron chi connectivity index (χ0n) is 10.4. The second kappa shape index (κ2) is 6.44. The quantitative estimate of drug-likeness (QED) is 0.598. The van der Waals surface area contributed by atoms with Crippen molar-refractivity contribution >= 4 is 12.0 Å². The van der Waals surface area contributed by atoms with Gasteiger partial charge in [0.1, 0.15) is 6.04 Å². The van der Waals surface area contributed by atoms with E-state index in [4.69, 9.17) is 5.11 Å². The molecule has 0 unspecified atom stereocenters. The number of carbonyl (C=O) groups excluding carboxylic acids is 1. The fraction of sp³-hybridized carbons (Fsp3) is 0.818. The monoisotopic (exact) mass is 243 g/mol. The Kier molecular flexibility index (Phi) is 5.21. The van der Waals surface area contributed by atoms with E-state index in [-0.39, 0.29) is 0 Å². The summed E-state index contributed by atoms with van der Waals surface area (Å²) in [6, 6.07) is -0.602. The molecule has 6 nitrogen and oxygen atoms in total. The van der Waals surface area contributed by atoms with Crippen LogP contribution < -0.4 is 10.6 Å². The van der Waals surface area contributed by atoms with E-state index in [0.717, 1.165) is 13.1 Å². The van der Waals surface area contributed by atoms with Crippen molar-refractivity contribution in [3.63, 3.8) is 0 Å². The van der Waals surface area contributed by atoms with Gasteiger partial charge in [-0.05, 0) is 26.3 Å². The summed E-state index contributed by atoms with van der Waals surface area (Å²) in [6.45, 7) is 5.88. The first-order valence-corrected chi connectivity index (χ1v) is 6.05. The summed E-state index contributed by atoms with van der Waals surface area (Å²) in [5.74, 6) is -1.03. The molecule has 2 amide bonds. The minimum absolute atomic E-state index is 0.424. The number of carbonyl (C=O) groups is 2. The summed E-state index contributed by atoms with van der Waals surface area (Å²) in [5.41, 5.74) is 0. The summed E-state index contributed by atoms with van der Waals surface area (Å²) in [5, 5.41) is 13.6. The van der Waals surface area contributed by atoms with Gasteiger partial charge in [-0.2, -0.15) is 0 Å². The van der Waals surface area contributed by atoms with Crippen molar-refractivity contribution in [2.24, 2.45) is 0 Å². The summed E-state index contributed by atoms with van der Waals surface area (Å²) in [6.07, 6.45) is 2.49. The van der Waals surface area contributed by atoms with Crippen LogP contribution in [0, 0.1) is 0 Å². The molecule has 1 atom stereocenters. The molecule has 0 radical (unpaired) electrons. The predicted molar refractivity (Wildman–Crippen MR) is 63.9 cm³/mol. The molecule has 6 heteroatoms. The Balaban J connectivity index is 2.12. The van der Waals surface area contributed by atoms with E-state index in [1.165, 1.54) is 19.8 Å². The Labute approximate surface area is 101 Å². The second-order valence-corrected chi connectivity index (χ2v) is 4.32. The van der Waals surface area contributed by atoms with E-state index in [1.807, 2.05) is 0 Å². The van der Waals surface area contributed by atoms with Crippen molar-refractivity contribution in [1.82, 2.24) is 15.5 Å². The molecule has 1 rings (SSSR count). The molecule has 0 spiro atoms. The summed E-state index contributed by atoms with van der Waals surface area (Å²) in [7, 11) is 0. The lowest BCUT2D eigenvalue weighted by atomic mass is 10.3. The van der Waals surface area contributed by atoms with Crippen molar-refractivity contribution < 1.29 is 14.7 Å². The lowest BCUT2D eigenvalue weighted by molar-refractivity contribution is -0.138. The minimum Gasteiger partial charge on any atom is -0.480 e. The molecule has 0 aromatic heterocycles. The number of hydrogen-bond donors (Lipinski definition) is 3. The van der Waals surface area contributed by atoms with Crippen molar-refractivity contribution in [2.75, 3.05) is 19.6 Å². The van der Waals surface area contributed by atoms with Gasteiger partial charge in [0, 0.05) is 19.1 Å². The maximum absolute atomic E-state index is 11.3. The van der Waals surface area contributed by atoms with Crippen LogP contribution in [0.3, 0.4) is 0 Å². The zero-order chi connectivity index (χ0) is 12.8. The Morgan fingerprint density at radius 2 is 2.12 bits per heavy atom. The predicted octanol–water partition coefficient (Wildman–Crippen LogP) is 0.243. The Bertz CT molecular complexity index is 279. The topological polar surface area (TPSA) is 81.7 Å². The molecule has 1 aliphatic rings. The maximum Gasteiger partial charge on any atom is 0.325 e. The highest BCUT2D eigenvalue weighted by Crippen LogP contribution is 2.25. The van der Waals surface area contributed by atoms with Crippen molar-refractivity contribution in [3.8, 4) is 0 Å². The van der Waals surface area contributed by atoms with Crippen molar-refractivity contribution in [2.45, 2.75) is 38.8 Å². The average Bonchev–Trinajstić information content (AvgIpc) is 3.08. The van der Waals surface area contributed by atoms with Crippen LogP contribution in [0.15, 0.2) is 0 Å². The van der Waals surface area contributed by atoms with E-state index in [0.29, 0.717) is 12.6 Å². The van der Waals surface area contributed by atoms with E-state index in [1.54, 1.807) is 0 Å². The van der Waals surface area contributed by atoms with Gasteiger partial charge >= 0.3 is 12.0 Å². The van der Waals surface area contributed by atoms with Crippen LogP contribution in [-0.2, 0) is 4.79 Å². The third-order valence-electron chi connectivity index (χ3n) is 2.87. The Morgan fingerprint density at radius 1 is 1.47 bits per heavy atom. The SMILES string of the molecule is CCN(CCNC(=O)N[C@@H](C)C(=O)O)C1CC1. The number of amides is 2. The number of urea groups is 1. The van der Waals surface area contributed by atoms with Crippen LogP contribution in [0.25, 0.3) is 0 Å². The number of carboxylic acid groups (broad SMARTS) is 1. The van der Waals surface area contributed by atoms with Crippen molar-refractivity contribution in [1.29, 1.82) is 0 Å². The van der Waals surface area contributed by atoms with Gasteiger partial charge in [-0.3, -0.25) is 9.69 Å². The van der Waals surface area contributed by atoms with E-state index in [9.17, 15) is 9.59 Å². The van der Waals surface area contributed by atoms with Gasteiger partial charge in [0.25, 0.3) is 0 Å². The van der Waals surface area contributed by atoms with E-state index >= 15 is 0 Å². The molecule has 0 aromatic rings. The molecule has 0 aliphatic heterocycles. The van der Waals surface area contributed by atoms with Gasteiger partial charge in [-0.1, -0.05) is 6.92 Å². The number of likely N-dealkylation sites (N-methyl/N-ethyl adjacent to an activating group) is 1. The molecule has 1 saturated carbocycles.